The third-order valence-corrected chi connectivity index (χ3v) is 8.20. The number of hydrogen-bond acceptors (Lipinski definition) is 6. The van der Waals surface area contributed by atoms with Gasteiger partial charge in [-0.05, 0) is 49.4 Å². The molecule has 2 heterocycles. The molecule has 6 nitrogen and oxygen atoms in total. The third-order valence-electron chi connectivity index (χ3n) is 4.97. The Morgan fingerprint density at radius 3 is 2.60 bits per heavy atom. The highest BCUT2D eigenvalue weighted by Gasteiger charge is 2.23. The van der Waals surface area contributed by atoms with Gasteiger partial charge in [-0.1, -0.05) is 12.8 Å². The van der Waals surface area contributed by atoms with Crippen molar-refractivity contribution in [2.45, 2.75) is 41.2 Å². The van der Waals surface area contributed by atoms with Gasteiger partial charge in [-0.25, -0.2) is 13.1 Å². The number of nitrogens with one attached hydrogen (secondary N) is 1. The van der Waals surface area contributed by atoms with Gasteiger partial charge in [0.25, 0.3) is 5.91 Å². The molecule has 0 aliphatic carbocycles. The molecule has 1 aliphatic heterocycles. The van der Waals surface area contributed by atoms with E-state index in [0.29, 0.717) is 23.6 Å². The van der Waals surface area contributed by atoms with Gasteiger partial charge in [-0.2, -0.15) is 11.8 Å². The van der Waals surface area contributed by atoms with E-state index >= 15 is 0 Å². The normalized spacial score (nSPS) is 15.2. The van der Waals surface area contributed by atoms with Crippen LogP contribution in [0.1, 0.15) is 41.8 Å². The Bertz CT molecular complexity index is 922. The summed E-state index contributed by atoms with van der Waals surface area (Å²) in [6.45, 7) is 1.77. The van der Waals surface area contributed by atoms with Gasteiger partial charge in [0.05, 0.1) is 22.5 Å². The minimum Gasteiger partial charge on any atom is -0.468 e. The van der Waals surface area contributed by atoms with E-state index in [4.69, 9.17) is 4.42 Å². The molecule has 1 fully saturated rings. The molecule has 0 spiro atoms. The fourth-order valence-electron chi connectivity index (χ4n) is 3.36. The van der Waals surface area contributed by atoms with Crippen LogP contribution in [0.3, 0.4) is 0 Å². The molecule has 1 saturated heterocycles. The fraction of sp³-hybridized carbons (Fsp3) is 0.476. The maximum absolute atomic E-state index is 13.1. The SMILES string of the molecule is CSc1ccc(S(=O)(=O)NCCSCc2ccco2)cc1C(=O)N1CCCCCC1. The number of benzene rings is 1. The molecule has 0 unspecified atom stereocenters. The van der Waals surface area contributed by atoms with Crippen LogP contribution >= 0.6 is 23.5 Å². The molecule has 2 aromatic rings. The average Bonchev–Trinajstić information content (AvgIpc) is 3.12. The van der Waals surface area contributed by atoms with Gasteiger partial charge in [0, 0.05) is 30.3 Å². The molecular formula is C21H28N2O4S3. The van der Waals surface area contributed by atoms with Crippen LogP contribution in [0.2, 0.25) is 0 Å². The topological polar surface area (TPSA) is 79.6 Å². The van der Waals surface area contributed by atoms with Gasteiger partial charge >= 0.3 is 0 Å². The number of carbonyl (C=O) groups excluding carboxylic acids is 1. The van der Waals surface area contributed by atoms with E-state index in [0.717, 1.165) is 49.4 Å². The standard InChI is InChI=1S/C21H28N2O4S3/c1-28-20-9-8-18(15-19(20)21(24)23-11-4-2-3-5-12-23)30(25,26)22-10-14-29-16-17-7-6-13-27-17/h6-9,13,15,22H,2-5,10-12,14,16H2,1H3. The summed E-state index contributed by atoms with van der Waals surface area (Å²) < 4.78 is 33.4. The van der Waals surface area contributed by atoms with Crippen molar-refractivity contribution in [3.8, 4) is 0 Å². The lowest BCUT2D eigenvalue weighted by Crippen LogP contribution is -2.32. The molecule has 30 heavy (non-hydrogen) atoms. The predicted octanol–water partition coefficient (Wildman–Crippen LogP) is 4.23. The first-order valence-electron chi connectivity index (χ1n) is 10.1. The zero-order valence-electron chi connectivity index (χ0n) is 17.1. The Kier molecular flexibility index (Phi) is 8.73. The molecular weight excluding hydrogens is 440 g/mol. The smallest absolute Gasteiger partial charge is 0.255 e. The number of thioether (sulfide) groups is 2. The van der Waals surface area contributed by atoms with Gasteiger partial charge in [-0.15, -0.1) is 11.8 Å². The Hall–Kier alpha value is -1.42. The summed E-state index contributed by atoms with van der Waals surface area (Å²) in [6, 6.07) is 8.56. The van der Waals surface area contributed by atoms with Crippen LogP contribution in [0.25, 0.3) is 0 Å². The summed E-state index contributed by atoms with van der Waals surface area (Å²) in [4.78, 5) is 15.9. The summed E-state index contributed by atoms with van der Waals surface area (Å²) in [5.74, 6) is 2.12. The number of rotatable bonds is 9. The lowest BCUT2D eigenvalue weighted by atomic mass is 10.2. The van der Waals surface area contributed by atoms with Crippen LogP contribution in [-0.2, 0) is 15.8 Å². The maximum Gasteiger partial charge on any atom is 0.255 e. The van der Waals surface area contributed by atoms with Gasteiger partial charge in [-0.3, -0.25) is 4.79 Å². The molecule has 164 valence electrons. The van der Waals surface area contributed by atoms with Crippen LogP contribution in [0.5, 0.6) is 0 Å². The molecule has 1 amide bonds. The lowest BCUT2D eigenvalue weighted by Gasteiger charge is -2.22. The number of hydrogen-bond donors (Lipinski definition) is 1. The molecule has 0 radical (unpaired) electrons. The zero-order chi connectivity index (χ0) is 21.4. The lowest BCUT2D eigenvalue weighted by molar-refractivity contribution is 0.0758. The number of carbonyl (C=O) groups is 1. The predicted molar refractivity (Wildman–Crippen MR) is 123 cm³/mol. The minimum atomic E-state index is -3.68. The van der Waals surface area contributed by atoms with Crippen LogP contribution < -0.4 is 4.72 Å². The fourth-order valence-corrected chi connectivity index (χ4v) is 5.88. The van der Waals surface area contributed by atoms with Crippen LogP contribution in [0, 0.1) is 0 Å². The first kappa shape index (κ1) is 23.2. The van der Waals surface area contributed by atoms with Gasteiger partial charge in [0.2, 0.25) is 10.0 Å². The molecule has 3 rings (SSSR count). The number of furan rings is 1. The summed E-state index contributed by atoms with van der Waals surface area (Å²) >= 11 is 3.06. The van der Waals surface area contributed by atoms with Crippen LogP contribution in [0.4, 0.5) is 0 Å². The second-order valence-corrected chi connectivity index (χ2v) is 10.8. The van der Waals surface area contributed by atoms with Crippen LogP contribution in [-0.4, -0.2) is 50.9 Å². The molecule has 0 saturated carbocycles. The second kappa shape index (κ2) is 11.3. The van der Waals surface area contributed by atoms with E-state index < -0.39 is 10.0 Å². The van der Waals surface area contributed by atoms with Crippen molar-refractivity contribution in [2.75, 3.05) is 31.6 Å². The Morgan fingerprint density at radius 2 is 1.93 bits per heavy atom. The molecule has 1 aliphatic rings. The Balaban J connectivity index is 1.65. The largest absolute Gasteiger partial charge is 0.468 e. The summed E-state index contributed by atoms with van der Waals surface area (Å²) in [5.41, 5.74) is 0.472. The Morgan fingerprint density at radius 1 is 1.17 bits per heavy atom. The molecule has 0 atom stereocenters. The quantitative estimate of drug-likeness (QED) is 0.438. The van der Waals surface area contributed by atoms with Gasteiger partial charge < -0.3 is 9.32 Å². The summed E-state index contributed by atoms with van der Waals surface area (Å²) in [6.07, 6.45) is 7.79. The summed E-state index contributed by atoms with van der Waals surface area (Å²) in [7, 11) is -3.68. The van der Waals surface area contributed by atoms with E-state index in [1.54, 1.807) is 30.2 Å². The van der Waals surface area contributed by atoms with Crippen molar-refractivity contribution in [3.63, 3.8) is 0 Å². The number of sulfonamides is 1. The Labute approximate surface area is 187 Å². The number of likely N-dealkylation sites (tertiary alicyclic amines) is 1. The average molecular weight is 469 g/mol. The first-order chi connectivity index (χ1) is 14.5. The van der Waals surface area contributed by atoms with Crippen molar-refractivity contribution < 1.29 is 17.6 Å². The third kappa shape index (κ3) is 6.29. The molecule has 9 heteroatoms. The van der Waals surface area contributed by atoms with E-state index in [-0.39, 0.29) is 10.8 Å². The number of amides is 1. The molecule has 1 aromatic carbocycles. The van der Waals surface area contributed by atoms with Crippen molar-refractivity contribution in [1.29, 1.82) is 0 Å². The van der Waals surface area contributed by atoms with Crippen molar-refractivity contribution in [3.05, 3.63) is 47.9 Å². The minimum absolute atomic E-state index is 0.0766. The van der Waals surface area contributed by atoms with Crippen molar-refractivity contribution in [2.24, 2.45) is 0 Å². The highest BCUT2D eigenvalue weighted by Crippen LogP contribution is 2.26. The van der Waals surface area contributed by atoms with Crippen molar-refractivity contribution in [1.82, 2.24) is 9.62 Å². The second-order valence-electron chi connectivity index (χ2n) is 7.10. The van der Waals surface area contributed by atoms with E-state index in [1.807, 2.05) is 23.3 Å². The van der Waals surface area contributed by atoms with E-state index in [2.05, 4.69) is 4.72 Å². The van der Waals surface area contributed by atoms with Crippen LogP contribution in [0.15, 0.2) is 50.8 Å². The monoisotopic (exact) mass is 468 g/mol. The molecule has 1 aromatic heterocycles. The van der Waals surface area contributed by atoms with Gasteiger partial charge in [0.1, 0.15) is 5.76 Å². The van der Waals surface area contributed by atoms with Gasteiger partial charge in [0.15, 0.2) is 0 Å². The highest BCUT2D eigenvalue weighted by molar-refractivity contribution is 7.98. The van der Waals surface area contributed by atoms with Crippen molar-refractivity contribution >= 4 is 39.5 Å². The molecule has 0 bridgehead atoms. The zero-order valence-corrected chi connectivity index (χ0v) is 19.6. The highest BCUT2D eigenvalue weighted by atomic mass is 32.2. The maximum atomic E-state index is 13.1. The first-order valence-corrected chi connectivity index (χ1v) is 13.9. The van der Waals surface area contributed by atoms with E-state index in [9.17, 15) is 13.2 Å². The van der Waals surface area contributed by atoms with E-state index in [1.165, 1.54) is 17.8 Å². The number of nitrogens with zero attached hydrogens (tertiary/aromatic N) is 1. The summed E-state index contributed by atoms with van der Waals surface area (Å²) in [5, 5.41) is 0. The molecule has 1 N–H and O–H groups in total.